The van der Waals surface area contributed by atoms with Crippen molar-refractivity contribution >= 4 is 29.5 Å². The molecule has 13 nitrogen and oxygen atoms in total. The maximum Gasteiger partial charge on any atom is 0.245 e. The van der Waals surface area contributed by atoms with E-state index >= 15 is 0 Å². The number of likely N-dealkylation sites (N-methyl/N-ethyl adjacent to an activating group) is 1. The highest BCUT2D eigenvalue weighted by Crippen LogP contribution is 2.29. The molecule has 0 aromatic rings. The highest BCUT2D eigenvalue weighted by molar-refractivity contribution is 5.96. The normalized spacial score (nSPS) is 31.5. The van der Waals surface area contributed by atoms with Crippen molar-refractivity contribution in [2.24, 2.45) is 17.8 Å². The van der Waals surface area contributed by atoms with Crippen LogP contribution in [-0.4, -0.2) is 119 Å². The molecule has 0 aromatic carbocycles. The summed E-state index contributed by atoms with van der Waals surface area (Å²) < 4.78 is 0. The number of hydrogen-bond acceptors (Lipinski definition) is 8. The van der Waals surface area contributed by atoms with Gasteiger partial charge in [0.2, 0.25) is 29.5 Å². The Morgan fingerprint density at radius 1 is 0.809 bits per heavy atom. The van der Waals surface area contributed by atoms with E-state index in [2.05, 4.69) is 26.2 Å². The predicted molar refractivity (Wildman–Crippen MR) is 178 cm³/mol. The highest BCUT2D eigenvalue weighted by Gasteiger charge is 2.40. The average molecular weight is 665 g/mol. The smallest absolute Gasteiger partial charge is 0.245 e. The molecule has 2 aliphatic carbocycles. The van der Waals surface area contributed by atoms with Gasteiger partial charge in [0.1, 0.15) is 24.2 Å². The van der Waals surface area contributed by atoms with Crippen molar-refractivity contribution in [3.63, 3.8) is 0 Å². The summed E-state index contributed by atoms with van der Waals surface area (Å²) in [6, 6.07) is -5.49. The Kier molecular flexibility index (Phi) is 14.9. The molecule has 7 atom stereocenters. The number of aliphatic hydroxyl groups excluding tert-OH is 2. The molecule has 1 saturated heterocycles. The van der Waals surface area contributed by atoms with Gasteiger partial charge in [0.15, 0.2) is 0 Å². The maximum atomic E-state index is 14.2. The zero-order chi connectivity index (χ0) is 34.8. The number of aliphatic hydroxyl groups is 2. The van der Waals surface area contributed by atoms with Crippen molar-refractivity contribution < 1.29 is 34.2 Å². The molecule has 3 rings (SSSR count). The Morgan fingerprint density at radius 2 is 1.43 bits per heavy atom. The van der Waals surface area contributed by atoms with E-state index < -0.39 is 66.5 Å². The van der Waals surface area contributed by atoms with E-state index in [0.29, 0.717) is 31.7 Å². The Labute approximate surface area is 280 Å². The van der Waals surface area contributed by atoms with Crippen molar-refractivity contribution in [3.05, 3.63) is 0 Å². The number of carbonyl (C=O) groups excluding carboxylic acids is 5. The highest BCUT2D eigenvalue weighted by atomic mass is 16.3. The molecule has 0 radical (unpaired) electrons. The van der Waals surface area contributed by atoms with Gasteiger partial charge in [0.25, 0.3) is 0 Å². The first-order valence-electron chi connectivity index (χ1n) is 17.7. The molecule has 3 fully saturated rings. The first kappa shape index (κ1) is 38.7. The van der Waals surface area contributed by atoms with E-state index in [-0.39, 0.29) is 30.3 Å². The number of hydrogen-bond donors (Lipinski definition) is 6. The third-order valence-corrected chi connectivity index (χ3v) is 10.3. The minimum absolute atomic E-state index is 0.0733. The van der Waals surface area contributed by atoms with Gasteiger partial charge in [-0.05, 0) is 70.6 Å². The quantitative estimate of drug-likeness (QED) is 0.230. The Balaban J connectivity index is 2.04. The van der Waals surface area contributed by atoms with E-state index in [9.17, 15) is 34.2 Å². The van der Waals surface area contributed by atoms with E-state index in [4.69, 9.17) is 0 Å². The molecule has 0 spiro atoms. The summed E-state index contributed by atoms with van der Waals surface area (Å²) in [4.78, 5) is 72.3. The third-order valence-electron chi connectivity index (χ3n) is 10.3. The van der Waals surface area contributed by atoms with Gasteiger partial charge in [-0.2, -0.15) is 0 Å². The molecule has 1 heterocycles. The van der Waals surface area contributed by atoms with Crippen LogP contribution in [0.3, 0.4) is 0 Å². The summed E-state index contributed by atoms with van der Waals surface area (Å²) in [6.45, 7) is 9.14. The Bertz CT molecular complexity index is 1080. The van der Waals surface area contributed by atoms with E-state index in [1.54, 1.807) is 7.05 Å². The van der Waals surface area contributed by atoms with Crippen LogP contribution in [0.4, 0.5) is 0 Å². The molecule has 2 saturated carbocycles. The van der Waals surface area contributed by atoms with Crippen LogP contribution in [0.15, 0.2) is 0 Å². The monoisotopic (exact) mass is 664 g/mol. The van der Waals surface area contributed by atoms with Gasteiger partial charge in [0.05, 0.1) is 18.8 Å². The van der Waals surface area contributed by atoms with Crippen molar-refractivity contribution in [2.45, 2.75) is 141 Å². The second kappa shape index (κ2) is 18.1. The molecular weight excluding hydrogens is 604 g/mol. The van der Waals surface area contributed by atoms with Crippen LogP contribution in [0, 0.1) is 17.8 Å². The molecule has 268 valence electrons. The van der Waals surface area contributed by atoms with Gasteiger partial charge in [0, 0.05) is 26.2 Å². The lowest BCUT2D eigenvalue weighted by Crippen LogP contribution is -2.63. The number of carbonyl (C=O) groups is 5. The van der Waals surface area contributed by atoms with Crippen molar-refractivity contribution in [1.29, 1.82) is 0 Å². The second-order valence-electron chi connectivity index (χ2n) is 14.6. The molecule has 0 bridgehead atoms. The van der Waals surface area contributed by atoms with E-state index in [0.717, 1.165) is 44.9 Å². The zero-order valence-electron chi connectivity index (χ0n) is 29.3. The lowest BCUT2D eigenvalue weighted by molar-refractivity contribution is -0.145. The second-order valence-corrected chi connectivity index (χ2v) is 14.6. The number of rotatable bonds is 7. The average Bonchev–Trinajstić information content (AvgIpc) is 3.56. The first-order valence-corrected chi connectivity index (χ1v) is 17.7. The zero-order valence-corrected chi connectivity index (χ0v) is 29.3. The van der Waals surface area contributed by atoms with Gasteiger partial charge < -0.3 is 36.4 Å². The predicted octanol–water partition coefficient (Wildman–Crippen LogP) is 0.666. The third kappa shape index (κ3) is 10.6. The van der Waals surface area contributed by atoms with Gasteiger partial charge in [-0.15, -0.1) is 0 Å². The molecule has 1 aliphatic heterocycles. The van der Waals surface area contributed by atoms with Crippen LogP contribution in [0.1, 0.15) is 98.8 Å². The van der Waals surface area contributed by atoms with Crippen LogP contribution in [0.25, 0.3) is 0 Å². The van der Waals surface area contributed by atoms with Crippen LogP contribution >= 0.6 is 0 Å². The Hall–Kier alpha value is -2.77. The SMILES string of the molecule is CC(C)C[C@H]1C(=O)N[C@@H](C2CCCCC2)C(=O)N[C@@H](CO)C(=O)N[C@@H]([C@H](C)O)C(=O)NC[C@@H](C)N(CC2CCCC2)[C@@H](C)C(=O)N1C. The molecular formula is C34H60N6O7. The fourth-order valence-electron chi connectivity index (χ4n) is 7.39. The lowest BCUT2D eigenvalue weighted by atomic mass is 9.83. The number of nitrogens with zero attached hydrogens (tertiary/aromatic N) is 2. The molecule has 5 amide bonds. The number of amides is 5. The van der Waals surface area contributed by atoms with Gasteiger partial charge in [-0.3, -0.25) is 28.9 Å². The summed E-state index contributed by atoms with van der Waals surface area (Å²) in [5.74, 6) is -2.46. The van der Waals surface area contributed by atoms with Crippen LogP contribution in [0.5, 0.6) is 0 Å². The standard InChI is InChI=1S/C34H60N6O7/c1-20(2)16-27-31(44)38-29(25-14-8-7-9-15-25)33(46)36-26(19-41)30(43)37-28(23(5)42)32(45)35-17-21(3)40(18-24-12-10-11-13-24)22(4)34(47)39(27)6/h20-29,41-42H,7-19H2,1-6H3,(H,35,45)(H,36,46)(H,37,43)(H,38,44)/t21-,22+,23+,26+,27+,28+,29+/m1/s1. The molecule has 0 aromatic heterocycles. The van der Waals surface area contributed by atoms with E-state index in [1.165, 1.54) is 11.8 Å². The maximum absolute atomic E-state index is 14.2. The fourth-order valence-corrected chi connectivity index (χ4v) is 7.39. The largest absolute Gasteiger partial charge is 0.394 e. The summed E-state index contributed by atoms with van der Waals surface area (Å²) in [7, 11) is 1.64. The van der Waals surface area contributed by atoms with Crippen LogP contribution in [0.2, 0.25) is 0 Å². The summed E-state index contributed by atoms with van der Waals surface area (Å²) in [5.41, 5.74) is 0. The topological polar surface area (TPSA) is 180 Å². The fraction of sp³-hybridized carbons (Fsp3) is 0.853. The summed E-state index contributed by atoms with van der Waals surface area (Å²) in [6.07, 6.45) is 7.67. The summed E-state index contributed by atoms with van der Waals surface area (Å²) in [5, 5.41) is 31.4. The first-order chi connectivity index (χ1) is 22.2. The molecule has 6 N–H and O–H groups in total. The molecule has 13 heteroatoms. The minimum atomic E-state index is -1.42. The summed E-state index contributed by atoms with van der Waals surface area (Å²) >= 11 is 0. The lowest BCUT2D eigenvalue weighted by Gasteiger charge is -2.40. The van der Waals surface area contributed by atoms with Crippen LogP contribution < -0.4 is 21.3 Å². The van der Waals surface area contributed by atoms with E-state index in [1.807, 2.05) is 27.7 Å². The minimum Gasteiger partial charge on any atom is -0.394 e. The van der Waals surface area contributed by atoms with Crippen molar-refractivity contribution in [2.75, 3.05) is 26.7 Å². The molecule has 0 unspecified atom stereocenters. The number of nitrogens with one attached hydrogen (secondary N) is 4. The molecule has 3 aliphatic rings. The van der Waals surface area contributed by atoms with Gasteiger partial charge in [-0.25, -0.2) is 0 Å². The van der Waals surface area contributed by atoms with Gasteiger partial charge >= 0.3 is 0 Å². The van der Waals surface area contributed by atoms with Crippen molar-refractivity contribution in [3.8, 4) is 0 Å². The van der Waals surface area contributed by atoms with Crippen LogP contribution in [-0.2, 0) is 24.0 Å². The van der Waals surface area contributed by atoms with Gasteiger partial charge in [-0.1, -0.05) is 46.0 Å². The Morgan fingerprint density at radius 3 is 2.00 bits per heavy atom. The molecule has 47 heavy (non-hydrogen) atoms. The van der Waals surface area contributed by atoms with Crippen molar-refractivity contribution in [1.82, 2.24) is 31.1 Å².